The summed E-state index contributed by atoms with van der Waals surface area (Å²) in [5.74, 6) is -0.117. The monoisotopic (exact) mass is 469 g/mol. The van der Waals surface area contributed by atoms with Crippen LogP contribution < -0.4 is 4.74 Å². The van der Waals surface area contributed by atoms with Crippen LogP contribution in [0, 0.1) is 0 Å². The summed E-state index contributed by atoms with van der Waals surface area (Å²) in [6, 6.07) is 36.2. The van der Waals surface area contributed by atoms with Gasteiger partial charge >= 0.3 is 5.97 Å². The molecule has 1 N–H and O–H groups in total. The third kappa shape index (κ3) is 4.86. The third-order valence-electron chi connectivity index (χ3n) is 5.79. The van der Waals surface area contributed by atoms with Gasteiger partial charge in [-0.25, -0.2) is 9.10 Å². The molecule has 0 amide bonds. The van der Waals surface area contributed by atoms with Crippen molar-refractivity contribution < 1.29 is 14.6 Å². The zero-order valence-electron chi connectivity index (χ0n) is 19.2. The number of carbonyl (C=O) groups is 1. The fourth-order valence-corrected chi connectivity index (χ4v) is 5.60. The molecule has 34 heavy (non-hydrogen) atoms. The van der Waals surface area contributed by atoms with Crippen LogP contribution in [0.15, 0.2) is 109 Å². The van der Waals surface area contributed by atoms with Crippen LogP contribution in [0.3, 0.4) is 0 Å². The Morgan fingerprint density at radius 1 is 0.794 bits per heavy atom. The highest BCUT2D eigenvalue weighted by Crippen LogP contribution is 2.50. The fourth-order valence-electron chi connectivity index (χ4n) is 4.20. The van der Waals surface area contributed by atoms with Gasteiger partial charge in [0.2, 0.25) is 0 Å². The molecule has 0 unspecified atom stereocenters. The molecule has 0 aliphatic heterocycles. The minimum Gasteiger partial charge on any atom is -0.497 e. The summed E-state index contributed by atoms with van der Waals surface area (Å²) in [7, 11) is 3.67. The molecular weight excluding hydrogens is 442 g/mol. The second kappa shape index (κ2) is 10.6. The highest BCUT2D eigenvalue weighted by Gasteiger charge is 2.39. The van der Waals surface area contributed by atoms with Crippen molar-refractivity contribution in [2.75, 3.05) is 14.2 Å². The van der Waals surface area contributed by atoms with E-state index >= 15 is 0 Å². The van der Waals surface area contributed by atoms with Gasteiger partial charge in [-0.05, 0) is 47.5 Å². The lowest BCUT2D eigenvalue weighted by molar-refractivity contribution is 0.0695. The summed E-state index contributed by atoms with van der Waals surface area (Å²) in [5, 5.41) is 9.66. The standard InChI is InChI=1S/C29H27NO3S/c1-30(21-22-11-9-10-16-27(22)28(31)32)34-29(23-12-5-3-6-13-23,24-14-7-4-8-15-24)25-17-19-26(33-2)20-18-25/h3-20H,21H2,1-2H3,(H,31,32). The first-order valence-electron chi connectivity index (χ1n) is 11.0. The van der Waals surface area contributed by atoms with Crippen molar-refractivity contribution >= 4 is 17.9 Å². The topological polar surface area (TPSA) is 49.8 Å². The second-order valence-electron chi connectivity index (χ2n) is 7.98. The average molecular weight is 470 g/mol. The number of benzene rings is 4. The van der Waals surface area contributed by atoms with E-state index < -0.39 is 10.7 Å². The molecular formula is C29H27NO3S. The number of carboxylic acids is 1. The maximum Gasteiger partial charge on any atom is 0.336 e. The molecule has 0 fully saturated rings. The Kier molecular flexibility index (Phi) is 7.36. The van der Waals surface area contributed by atoms with E-state index in [0.717, 1.165) is 28.0 Å². The van der Waals surface area contributed by atoms with Crippen LogP contribution in [0.4, 0.5) is 0 Å². The molecule has 4 nitrogen and oxygen atoms in total. The van der Waals surface area contributed by atoms with Crippen molar-refractivity contribution in [3.05, 3.63) is 137 Å². The Bertz CT molecular complexity index is 1190. The van der Waals surface area contributed by atoms with Gasteiger partial charge in [0.05, 0.1) is 12.7 Å². The molecule has 0 saturated carbocycles. The smallest absolute Gasteiger partial charge is 0.336 e. The van der Waals surface area contributed by atoms with Crippen molar-refractivity contribution in [2.24, 2.45) is 0 Å². The van der Waals surface area contributed by atoms with E-state index in [1.807, 2.05) is 43.4 Å². The molecule has 0 bridgehead atoms. The summed E-state index contributed by atoms with van der Waals surface area (Å²) < 4.78 is 6.98. The van der Waals surface area contributed by atoms with Crippen molar-refractivity contribution in [1.29, 1.82) is 0 Å². The van der Waals surface area contributed by atoms with E-state index in [9.17, 15) is 9.90 Å². The number of hydrogen-bond donors (Lipinski definition) is 1. The van der Waals surface area contributed by atoms with E-state index in [2.05, 4.69) is 65.0 Å². The highest BCUT2D eigenvalue weighted by atomic mass is 32.2. The summed E-state index contributed by atoms with van der Waals surface area (Å²) in [5.41, 5.74) is 4.47. The van der Waals surface area contributed by atoms with E-state index in [-0.39, 0.29) is 0 Å². The van der Waals surface area contributed by atoms with Crippen LogP contribution in [0.1, 0.15) is 32.6 Å². The maximum atomic E-state index is 11.8. The van der Waals surface area contributed by atoms with Gasteiger partial charge in [-0.2, -0.15) is 0 Å². The Morgan fingerprint density at radius 2 is 1.29 bits per heavy atom. The molecule has 4 aromatic rings. The van der Waals surface area contributed by atoms with E-state index in [1.165, 1.54) is 0 Å². The van der Waals surface area contributed by atoms with Crippen molar-refractivity contribution in [3.8, 4) is 5.75 Å². The Labute approximate surface area is 205 Å². The van der Waals surface area contributed by atoms with Gasteiger partial charge in [0.25, 0.3) is 0 Å². The normalized spacial score (nSPS) is 11.4. The first-order chi connectivity index (χ1) is 16.5. The van der Waals surface area contributed by atoms with Crippen LogP contribution in [0.2, 0.25) is 0 Å². The quantitative estimate of drug-likeness (QED) is 0.225. The molecule has 0 radical (unpaired) electrons. The van der Waals surface area contributed by atoms with Gasteiger partial charge in [-0.3, -0.25) is 0 Å². The van der Waals surface area contributed by atoms with Gasteiger partial charge in [0.1, 0.15) is 10.5 Å². The molecule has 0 spiro atoms. The van der Waals surface area contributed by atoms with Crippen LogP contribution in [0.25, 0.3) is 0 Å². The van der Waals surface area contributed by atoms with Crippen molar-refractivity contribution in [3.63, 3.8) is 0 Å². The fraction of sp³-hybridized carbons (Fsp3) is 0.138. The maximum absolute atomic E-state index is 11.8. The predicted octanol–water partition coefficient (Wildman–Crippen LogP) is 6.47. The number of methoxy groups -OCH3 is 1. The van der Waals surface area contributed by atoms with E-state index in [4.69, 9.17) is 4.74 Å². The molecule has 0 heterocycles. The molecule has 5 heteroatoms. The second-order valence-corrected chi connectivity index (χ2v) is 9.40. The summed E-state index contributed by atoms with van der Waals surface area (Å²) >= 11 is 1.68. The number of nitrogens with zero attached hydrogens (tertiary/aromatic N) is 1. The SMILES string of the molecule is COc1ccc(C(SN(C)Cc2ccccc2C(=O)O)(c2ccccc2)c2ccccc2)cc1. The summed E-state index contributed by atoms with van der Waals surface area (Å²) in [4.78, 5) is 11.8. The summed E-state index contributed by atoms with van der Waals surface area (Å²) in [6.45, 7) is 0.477. The molecule has 4 rings (SSSR count). The zero-order valence-corrected chi connectivity index (χ0v) is 20.0. The Morgan fingerprint density at radius 3 is 1.82 bits per heavy atom. The zero-order chi connectivity index (χ0) is 24.0. The van der Waals surface area contributed by atoms with Crippen LogP contribution in [-0.2, 0) is 11.3 Å². The molecule has 0 atom stereocenters. The minimum atomic E-state index is -0.915. The van der Waals surface area contributed by atoms with E-state index in [0.29, 0.717) is 12.1 Å². The van der Waals surface area contributed by atoms with Gasteiger partial charge in [-0.1, -0.05) is 103 Å². The largest absolute Gasteiger partial charge is 0.497 e. The predicted molar refractivity (Wildman–Crippen MR) is 138 cm³/mol. The lowest BCUT2D eigenvalue weighted by Gasteiger charge is -2.38. The van der Waals surface area contributed by atoms with Crippen molar-refractivity contribution in [2.45, 2.75) is 11.3 Å². The number of carboxylic acid groups (broad SMARTS) is 1. The average Bonchev–Trinajstić information content (AvgIpc) is 2.88. The molecule has 0 aliphatic rings. The third-order valence-corrected chi connectivity index (χ3v) is 7.21. The van der Waals surface area contributed by atoms with E-state index in [1.54, 1.807) is 31.2 Å². The minimum absolute atomic E-state index is 0.324. The lowest BCUT2D eigenvalue weighted by Crippen LogP contribution is -2.30. The number of ether oxygens (including phenoxy) is 1. The molecule has 4 aromatic carbocycles. The number of rotatable bonds is 9. The molecule has 0 aliphatic carbocycles. The summed E-state index contributed by atoms with van der Waals surface area (Å²) in [6.07, 6.45) is 0. The lowest BCUT2D eigenvalue weighted by atomic mass is 9.84. The van der Waals surface area contributed by atoms with Gasteiger partial charge in [0.15, 0.2) is 0 Å². The first-order valence-corrected chi connectivity index (χ1v) is 11.8. The molecule has 0 aromatic heterocycles. The van der Waals surface area contributed by atoms with Gasteiger partial charge in [-0.15, -0.1) is 0 Å². The van der Waals surface area contributed by atoms with Crippen LogP contribution >= 0.6 is 11.9 Å². The first kappa shape index (κ1) is 23.6. The number of hydrogen-bond acceptors (Lipinski definition) is 4. The van der Waals surface area contributed by atoms with Gasteiger partial charge < -0.3 is 9.84 Å². The Balaban J connectivity index is 1.84. The van der Waals surface area contributed by atoms with Crippen molar-refractivity contribution in [1.82, 2.24) is 4.31 Å². The molecule has 0 saturated heterocycles. The highest BCUT2D eigenvalue weighted by molar-refractivity contribution is 7.98. The van der Waals surface area contributed by atoms with Gasteiger partial charge in [0, 0.05) is 6.54 Å². The van der Waals surface area contributed by atoms with Crippen LogP contribution in [-0.4, -0.2) is 29.5 Å². The Hall–Kier alpha value is -3.54. The van der Waals surface area contributed by atoms with Crippen LogP contribution in [0.5, 0.6) is 5.75 Å². The number of aromatic carboxylic acids is 1. The molecule has 172 valence electrons.